The van der Waals surface area contributed by atoms with Crippen LogP contribution in [-0.4, -0.2) is 89.7 Å². The molecular weight excluding hydrogens is 536 g/mol. The Hall–Kier alpha value is -2.66. The topological polar surface area (TPSA) is 140 Å². The smallest absolute Gasteiger partial charge is 0.246 e. The zero-order valence-electron chi connectivity index (χ0n) is 23.8. The van der Waals surface area contributed by atoms with Crippen molar-refractivity contribution in [3.05, 3.63) is 36.4 Å². The highest BCUT2D eigenvalue weighted by atomic mass is 32.2. The third-order valence-electron chi connectivity index (χ3n) is 4.91. The number of amides is 2. The monoisotopic (exact) mass is 580 g/mol. The molecule has 0 heterocycles. The minimum Gasteiger partial charge on any atom is -0.490 e. The van der Waals surface area contributed by atoms with Gasteiger partial charge in [0, 0.05) is 24.8 Å². The second kappa shape index (κ2) is 24.2. The summed E-state index contributed by atoms with van der Waals surface area (Å²) in [6, 6.07) is 6.97. The van der Waals surface area contributed by atoms with Crippen molar-refractivity contribution in [2.45, 2.75) is 32.6 Å². The van der Waals surface area contributed by atoms with Gasteiger partial charge in [0.05, 0.1) is 46.1 Å². The van der Waals surface area contributed by atoms with Crippen molar-refractivity contribution >= 4 is 29.3 Å². The second-order valence-corrected chi connectivity index (χ2v) is 9.70. The largest absolute Gasteiger partial charge is 0.490 e. The Balaban J connectivity index is 2.25. The fourth-order valence-electron chi connectivity index (χ4n) is 3.00. The van der Waals surface area contributed by atoms with Crippen LogP contribution in [0.1, 0.15) is 27.2 Å². The second-order valence-electron chi connectivity index (χ2n) is 8.75. The third kappa shape index (κ3) is 20.3. The number of carbonyl (C=O) groups is 2. The van der Waals surface area contributed by atoms with E-state index in [9.17, 15) is 9.59 Å². The fraction of sp³-hybridized carbons (Fsp3) is 0.607. The molecule has 0 aromatic heterocycles. The van der Waals surface area contributed by atoms with Gasteiger partial charge in [-0.3, -0.25) is 9.59 Å². The highest BCUT2D eigenvalue weighted by Gasteiger charge is 2.12. The zero-order valence-corrected chi connectivity index (χ0v) is 24.6. The highest BCUT2D eigenvalue weighted by Crippen LogP contribution is 2.20. The molecule has 3 N–H and O–H groups in total. The van der Waals surface area contributed by atoms with E-state index in [4.69, 9.17) is 28.9 Å². The molecular formula is C28H44N4O7S. The highest BCUT2D eigenvalue weighted by molar-refractivity contribution is 8.04. The van der Waals surface area contributed by atoms with E-state index >= 15 is 0 Å². The first-order chi connectivity index (χ1) is 19.4. The van der Waals surface area contributed by atoms with E-state index in [-0.39, 0.29) is 44.7 Å². The van der Waals surface area contributed by atoms with Crippen LogP contribution in [0, 0.1) is 16.6 Å². The molecule has 2 amide bonds. The van der Waals surface area contributed by atoms with Crippen molar-refractivity contribution in [1.29, 1.82) is 5.26 Å². The maximum Gasteiger partial charge on any atom is 0.246 e. The summed E-state index contributed by atoms with van der Waals surface area (Å²) < 4.78 is 27.6. The number of nitriles is 1. The third-order valence-corrected chi connectivity index (χ3v) is 5.55. The van der Waals surface area contributed by atoms with Crippen LogP contribution in [0.15, 0.2) is 36.4 Å². The molecule has 0 radical (unpaired) electrons. The average Bonchev–Trinajstić information content (AvgIpc) is 2.93. The molecule has 1 aromatic rings. The molecule has 1 unspecified atom stereocenters. The Morgan fingerprint density at radius 3 is 2.58 bits per heavy atom. The number of anilines is 1. The Morgan fingerprint density at radius 1 is 1.05 bits per heavy atom. The molecule has 0 aliphatic rings. The summed E-state index contributed by atoms with van der Waals surface area (Å²) in [6.07, 6.45) is 4.14. The van der Waals surface area contributed by atoms with E-state index in [0.717, 1.165) is 24.9 Å². The molecule has 0 bridgehead atoms. The summed E-state index contributed by atoms with van der Waals surface area (Å²) in [5, 5.41) is 19.8. The number of benzene rings is 1. The molecule has 40 heavy (non-hydrogen) atoms. The van der Waals surface area contributed by atoms with Gasteiger partial charge in [-0.25, -0.2) is 0 Å². The first kappa shape index (κ1) is 35.4. The molecule has 1 rings (SSSR count). The van der Waals surface area contributed by atoms with E-state index in [2.05, 4.69) is 29.8 Å². The Morgan fingerprint density at radius 2 is 1.82 bits per heavy atom. The van der Waals surface area contributed by atoms with Crippen LogP contribution in [0.4, 0.5) is 5.69 Å². The first-order valence-corrected chi connectivity index (χ1v) is 14.4. The number of hydrogen-bond donors (Lipinski definition) is 3. The Kier molecular flexibility index (Phi) is 21.4. The summed E-state index contributed by atoms with van der Waals surface area (Å²) in [4.78, 5) is 24.0. The minimum atomic E-state index is -0.550. The van der Waals surface area contributed by atoms with E-state index in [1.807, 2.05) is 24.5 Å². The van der Waals surface area contributed by atoms with E-state index in [0.29, 0.717) is 50.3 Å². The molecule has 0 saturated heterocycles. The number of carbonyl (C=O) groups excluding carboxylic acids is 2. The lowest BCUT2D eigenvalue weighted by atomic mass is 10.2. The summed E-state index contributed by atoms with van der Waals surface area (Å²) in [5.41, 5.74) is 0.0388. The van der Waals surface area contributed by atoms with Crippen molar-refractivity contribution < 1.29 is 33.3 Å². The number of allylic oxidation sites excluding steroid dienone is 1. The maximum atomic E-state index is 12.2. The minimum absolute atomic E-state index is 0.0679. The molecule has 0 fully saturated rings. The van der Waals surface area contributed by atoms with Gasteiger partial charge in [0.2, 0.25) is 11.8 Å². The van der Waals surface area contributed by atoms with Crippen molar-refractivity contribution in [3.8, 4) is 11.2 Å². The van der Waals surface area contributed by atoms with Crippen LogP contribution in [-0.2, 0) is 28.5 Å². The summed E-state index contributed by atoms with van der Waals surface area (Å²) >= 11 is 0.930. The van der Waals surface area contributed by atoms with Crippen LogP contribution in [0.3, 0.4) is 0 Å². The Labute approximate surface area is 242 Å². The van der Waals surface area contributed by atoms with Gasteiger partial charge in [-0.1, -0.05) is 39.0 Å². The van der Waals surface area contributed by atoms with Gasteiger partial charge < -0.3 is 39.6 Å². The van der Waals surface area contributed by atoms with Gasteiger partial charge in [0.1, 0.15) is 24.4 Å². The number of hydrogen-bond acceptors (Lipinski definition) is 10. The number of thiocyanates is 1. The van der Waals surface area contributed by atoms with E-state index in [1.54, 1.807) is 24.3 Å². The number of ether oxygens (including phenoxy) is 5. The fourth-order valence-corrected chi connectivity index (χ4v) is 3.42. The summed E-state index contributed by atoms with van der Waals surface area (Å²) in [5.74, 6) is 0.575. The SMILES string of the molecule is CCNCCOCCOCCC(=O)Nc1cccc(OCC(OCCOCC(=O)NC/C=C/C(C)C)SC#N)c1. The standard InChI is InChI=1S/C28H44N4O7S/c1-4-30-12-14-36-16-15-35-13-10-26(33)32-24-8-5-9-25(19-24)39-21-28(40-22-29)38-18-17-37-20-27(34)31-11-6-7-23(2)3/h5-9,19,23,28,30H,4,10-18,20-21H2,1-3H3,(H,31,34)(H,32,33)/b7-6+. The Bertz CT molecular complexity index is 896. The maximum absolute atomic E-state index is 12.2. The van der Waals surface area contributed by atoms with Crippen molar-refractivity contribution in [3.63, 3.8) is 0 Å². The zero-order chi connectivity index (χ0) is 29.3. The number of likely N-dealkylation sites (N-methyl/N-ethyl adjacent to an activating group) is 1. The summed E-state index contributed by atoms with van der Waals surface area (Å²) in [7, 11) is 0. The number of nitrogens with zero attached hydrogens (tertiary/aromatic N) is 1. The lowest BCUT2D eigenvalue weighted by Gasteiger charge is -2.16. The molecule has 0 aliphatic carbocycles. The predicted molar refractivity (Wildman–Crippen MR) is 156 cm³/mol. The van der Waals surface area contributed by atoms with Crippen LogP contribution in [0.25, 0.3) is 0 Å². The van der Waals surface area contributed by atoms with Crippen molar-refractivity contribution in [2.75, 3.05) is 77.8 Å². The van der Waals surface area contributed by atoms with Gasteiger partial charge in [-0.05, 0) is 36.4 Å². The quantitative estimate of drug-likeness (QED) is 0.0724. The van der Waals surface area contributed by atoms with Gasteiger partial charge in [-0.15, -0.1) is 0 Å². The molecule has 11 nitrogen and oxygen atoms in total. The molecule has 1 aromatic carbocycles. The van der Waals surface area contributed by atoms with Crippen LogP contribution >= 0.6 is 11.8 Å². The van der Waals surface area contributed by atoms with Crippen LogP contribution in [0.2, 0.25) is 0 Å². The van der Waals surface area contributed by atoms with Gasteiger partial charge >= 0.3 is 0 Å². The predicted octanol–water partition coefficient (Wildman–Crippen LogP) is 2.94. The van der Waals surface area contributed by atoms with Crippen LogP contribution in [0.5, 0.6) is 5.75 Å². The van der Waals surface area contributed by atoms with Crippen LogP contribution < -0.4 is 20.7 Å². The lowest BCUT2D eigenvalue weighted by molar-refractivity contribution is -0.126. The number of rotatable bonds is 24. The average molecular weight is 581 g/mol. The number of thioether (sulfide) groups is 1. The van der Waals surface area contributed by atoms with Crippen molar-refractivity contribution in [2.24, 2.45) is 5.92 Å². The lowest BCUT2D eigenvalue weighted by Crippen LogP contribution is -2.28. The van der Waals surface area contributed by atoms with E-state index < -0.39 is 5.44 Å². The molecule has 0 spiro atoms. The molecule has 0 saturated carbocycles. The number of nitrogens with one attached hydrogen (secondary N) is 3. The molecule has 224 valence electrons. The van der Waals surface area contributed by atoms with Crippen molar-refractivity contribution in [1.82, 2.24) is 10.6 Å². The summed E-state index contributed by atoms with van der Waals surface area (Å²) in [6.45, 7) is 10.6. The first-order valence-electron chi connectivity index (χ1n) is 13.5. The normalized spacial score (nSPS) is 11.9. The van der Waals surface area contributed by atoms with Gasteiger partial charge in [0.15, 0.2) is 5.44 Å². The van der Waals surface area contributed by atoms with Gasteiger partial charge in [0.25, 0.3) is 0 Å². The van der Waals surface area contributed by atoms with E-state index in [1.165, 1.54) is 0 Å². The molecule has 0 aliphatic heterocycles. The molecule has 12 heteroatoms. The van der Waals surface area contributed by atoms with Gasteiger partial charge in [-0.2, -0.15) is 5.26 Å². The molecule has 1 atom stereocenters.